The predicted octanol–water partition coefficient (Wildman–Crippen LogP) is 1.25. The molecule has 0 bridgehead atoms. The maximum atomic E-state index is 12.7. The van der Waals surface area contributed by atoms with Crippen molar-refractivity contribution in [3.05, 3.63) is 29.0 Å². The van der Waals surface area contributed by atoms with Gasteiger partial charge in [0.2, 0.25) is 0 Å². The molecule has 0 unspecified atom stereocenters. The molecule has 0 aliphatic heterocycles. The van der Waals surface area contributed by atoms with Gasteiger partial charge in [-0.05, 0) is 18.2 Å². The summed E-state index contributed by atoms with van der Waals surface area (Å²) in [6, 6.07) is 3.13. The van der Waals surface area contributed by atoms with Crippen LogP contribution in [0.2, 0.25) is 5.02 Å². The van der Waals surface area contributed by atoms with E-state index in [9.17, 15) is 12.8 Å². The zero-order valence-corrected chi connectivity index (χ0v) is 8.65. The van der Waals surface area contributed by atoms with Crippen LogP contribution in [0, 0.1) is 5.82 Å². The molecule has 0 atom stereocenters. The van der Waals surface area contributed by atoms with Crippen molar-refractivity contribution in [3.8, 4) is 0 Å². The Bertz CT molecular complexity index is 430. The van der Waals surface area contributed by atoms with Crippen molar-refractivity contribution in [2.75, 3.05) is 12.4 Å². The summed E-state index contributed by atoms with van der Waals surface area (Å²) >= 11 is 5.42. The molecule has 0 aliphatic carbocycles. The Hall–Kier alpha value is -0.650. The SMILES string of the molecule is O=S(=O)(CCO)c1ccc(F)c(Cl)c1. The van der Waals surface area contributed by atoms with Gasteiger partial charge in [0, 0.05) is 0 Å². The predicted molar refractivity (Wildman–Crippen MR) is 50.5 cm³/mol. The second-order valence-electron chi connectivity index (χ2n) is 2.62. The molecule has 0 radical (unpaired) electrons. The molecule has 1 aromatic carbocycles. The molecule has 0 aliphatic rings. The van der Waals surface area contributed by atoms with E-state index in [0.29, 0.717) is 0 Å². The first-order valence-electron chi connectivity index (χ1n) is 3.76. The van der Waals surface area contributed by atoms with Crippen LogP contribution in [0.5, 0.6) is 0 Å². The van der Waals surface area contributed by atoms with Crippen LogP contribution in [0.3, 0.4) is 0 Å². The largest absolute Gasteiger partial charge is 0.395 e. The van der Waals surface area contributed by atoms with Gasteiger partial charge in [-0.3, -0.25) is 0 Å². The van der Waals surface area contributed by atoms with Gasteiger partial charge in [-0.15, -0.1) is 0 Å². The molecule has 78 valence electrons. The highest BCUT2D eigenvalue weighted by atomic mass is 35.5. The third-order valence-electron chi connectivity index (χ3n) is 1.61. The number of rotatable bonds is 3. The fourth-order valence-corrected chi connectivity index (χ4v) is 2.20. The van der Waals surface area contributed by atoms with Crippen molar-refractivity contribution < 1.29 is 17.9 Å². The monoisotopic (exact) mass is 238 g/mol. The molecule has 0 saturated heterocycles. The van der Waals surface area contributed by atoms with Crippen molar-refractivity contribution in [1.82, 2.24) is 0 Å². The van der Waals surface area contributed by atoms with Crippen LogP contribution in [0.25, 0.3) is 0 Å². The molecule has 0 saturated carbocycles. The Morgan fingerprint density at radius 3 is 2.57 bits per heavy atom. The van der Waals surface area contributed by atoms with Crippen molar-refractivity contribution >= 4 is 21.4 Å². The summed E-state index contributed by atoms with van der Waals surface area (Å²) in [4.78, 5) is -0.0852. The Kier molecular flexibility index (Phi) is 3.47. The van der Waals surface area contributed by atoms with Gasteiger partial charge in [0.15, 0.2) is 9.84 Å². The first kappa shape index (κ1) is 11.4. The Balaban J connectivity index is 3.15. The summed E-state index contributed by atoms with van der Waals surface area (Å²) in [5.74, 6) is -1.07. The molecule has 0 amide bonds. The van der Waals surface area contributed by atoms with Crippen LogP contribution in [0.15, 0.2) is 23.1 Å². The number of halogens is 2. The second kappa shape index (κ2) is 4.25. The Morgan fingerprint density at radius 1 is 1.43 bits per heavy atom. The Labute approximate surface area is 86.0 Å². The summed E-state index contributed by atoms with van der Waals surface area (Å²) in [5.41, 5.74) is 0. The van der Waals surface area contributed by atoms with Gasteiger partial charge >= 0.3 is 0 Å². The van der Waals surface area contributed by atoms with Gasteiger partial charge in [0.1, 0.15) is 5.82 Å². The molecule has 1 aromatic rings. The van der Waals surface area contributed by atoms with Gasteiger partial charge in [-0.2, -0.15) is 0 Å². The third-order valence-corrected chi connectivity index (χ3v) is 3.59. The highest BCUT2D eigenvalue weighted by molar-refractivity contribution is 7.91. The summed E-state index contributed by atoms with van der Waals surface area (Å²) in [6.07, 6.45) is 0. The van der Waals surface area contributed by atoms with Gasteiger partial charge in [0.05, 0.1) is 22.3 Å². The summed E-state index contributed by atoms with van der Waals surface area (Å²) in [6.45, 7) is -0.475. The van der Waals surface area contributed by atoms with Crippen molar-refractivity contribution in [2.24, 2.45) is 0 Å². The molecule has 0 fully saturated rings. The lowest BCUT2D eigenvalue weighted by Crippen LogP contribution is -2.10. The van der Waals surface area contributed by atoms with Gasteiger partial charge in [0.25, 0.3) is 0 Å². The molecule has 0 aromatic heterocycles. The number of sulfone groups is 1. The fraction of sp³-hybridized carbons (Fsp3) is 0.250. The minimum absolute atomic E-state index is 0.0852. The number of hydrogen-bond donors (Lipinski definition) is 1. The van der Waals surface area contributed by atoms with Crippen LogP contribution in [-0.4, -0.2) is 25.9 Å². The van der Waals surface area contributed by atoms with E-state index in [2.05, 4.69) is 0 Å². The molecule has 14 heavy (non-hydrogen) atoms. The standard InChI is InChI=1S/C8H8ClFO3S/c9-7-5-6(1-2-8(7)10)14(12,13)4-3-11/h1-2,5,11H,3-4H2. The van der Waals surface area contributed by atoms with Crippen molar-refractivity contribution in [3.63, 3.8) is 0 Å². The van der Waals surface area contributed by atoms with E-state index in [1.807, 2.05) is 0 Å². The lowest BCUT2D eigenvalue weighted by atomic mass is 10.3. The molecular weight excluding hydrogens is 231 g/mol. The molecule has 6 heteroatoms. The zero-order chi connectivity index (χ0) is 10.8. The van der Waals surface area contributed by atoms with Crippen LogP contribution in [0.4, 0.5) is 4.39 Å². The van der Waals surface area contributed by atoms with Gasteiger partial charge in [-0.25, -0.2) is 12.8 Å². The topological polar surface area (TPSA) is 54.4 Å². The van der Waals surface area contributed by atoms with Crippen LogP contribution in [-0.2, 0) is 9.84 Å². The summed E-state index contributed by atoms with van der Waals surface area (Å²) < 4.78 is 35.4. The number of benzene rings is 1. The maximum absolute atomic E-state index is 12.7. The van der Waals surface area contributed by atoms with E-state index >= 15 is 0 Å². The van der Waals surface area contributed by atoms with Crippen molar-refractivity contribution in [2.45, 2.75) is 4.90 Å². The molecule has 3 nitrogen and oxygen atoms in total. The first-order chi connectivity index (χ1) is 6.47. The average Bonchev–Trinajstić information content (AvgIpc) is 2.09. The number of hydrogen-bond acceptors (Lipinski definition) is 3. The minimum Gasteiger partial charge on any atom is -0.395 e. The maximum Gasteiger partial charge on any atom is 0.180 e. The number of aliphatic hydroxyl groups excluding tert-OH is 1. The van der Waals surface area contributed by atoms with E-state index in [-0.39, 0.29) is 9.92 Å². The highest BCUT2D eigenvalue weighted by Gasteiger charge is 2.14. The van der Waals surface area contributed by atoms with Crippen LogP contribution in [0.1, 0.15) is 0 Å². The van der Waals surface area contributed by atoms with E-state index in [0.717, 1.165) is 18.2 Å². The molecule has 1 rings (SSSR count). The Morgan fingerprint density at radius 2 is 2.07 bits per heavy atom. The van der Waals surface area contributed by atoms with Crippen LogP contribution < -0.4 is 0 Å². The lowest BCUT2D eigenvalue weighted by molar-refractivity contribution is 0.319. The number of aliphatic hydroxyl groups is 1. The van der Waals surface area contributed by atoms with Gasteiger partial charge < -0.3 is 5.11 Å². The van der Waals surface area contributed by atoms with E-state index < -0.39 is 28.0 Å². The fourth-order valence-electron chi connectivity index (χ4n) is 0.908. The van der Waals surface area contributed by atoms with Gasteiger partial charge in [-0.1, -0.05) is 11.6 Å². The van der Waals surface area contributed by atoms with E-state index in [1.54, 1.807) is 0 Å². The van der Waals surface area contributed by atoms with Crippen LogP contribution >= 0.6 is 11.6 Å². The molecule has 0 spiro atoms. The molecular formula is C8H8ClFO3S. The van der Waals surface area contributed by atoms with E-state index in [4.69, 9.17) is 16.7 Å². The normalized spacial score (nSPS) is 11.6. The summed E-state index contributed by atoms with van der Waals surface area (Å²) in [7, 11) is -3.55. The zero-order valence-electron chi connectivity index (χ0n) is 7.07. The molecule has 0 heterocycles. The molecule has 1 N–H and O–H groups in total. The average molecular weight is 239 g/mol. The minimum atomic E-state index is -3.55. The lowest BCUT2D eigenvalue weighted by Gasteiger charge is -2.02. The summed E-state index contributed by atoms with van der Waals surface area (Å²) in [5, 5.41) is 8.25. The quantitative estimate of drug-likeness (QED) is 0.807. The highest BCUT2D eigenvalue weighted by Crippen LogP contribution is 2.19. The van der Waals surface area contributed by atoms with E-state index in [1.165, 1.54) is 0 Å². The van der Waals surface area contributed by atoms with Crippen molar-refractivity contribution in [1.29, 1.82) is 0 Å². The second-order valence-corrected chi connectivity index (χ2v) is 5.13. The smallest absolute Gasteiger partial charge is 0.180 e. The first-order valence-corrected chi connectivity index (χ1v) is 5.79. The third kappa shape index (κ3) is 2.43.